The van der Waals surface area contributed by atoms with E-state index in [1.54, 1.807) is 24.8 Å². The highest BCUT2D eigenvalue weighted by Crippen LogP contribution is 1.62. The van der Waals surface area contributed by atoms with Gasteiger partial charge in [-0.25, -0.2) is 0 Å². The number of hydrogen-bond donors (Lipinski definition) is 3. The molecular weight excluding hydrogens is 138 g/mol. The number of nitrogens with one attached hydrogen (secondary N) is 3. The third kappa shape index (κ3) is 8.66. The van der Waals surface area contributed by atoms with Gasteiger partial charge in [-0.3, -0.25) is 0 Å². The Morgan fingerprint density at radius 3 is 2.73 bits per heavy atom. The van der Waals surface area contributed by atoms with Crippen LogP contribution in [0.3, 0.4) is 0 Å². The summed E-state index contributed by atoms with van der Waals surface area (Å²) in [5, 5.41) is 8.74. The maximum absolute atomic E-state index is 2.99. The minimum Gasteiger partial charge on any atom is -0.393 e. The lowest BCUT2D eigenvalue weighted by atomic mass is 10.7. The Kier molecular flexibility index (Phi) is 7.61. The summed E-state index contributed by atoms with van der Waals surface area (Å²) in [6.07, 6.45) is 7.06. The van der Waals surface area contributed by atoms with E-state index in [0.717, 1.165) is 6.54 Å². The SMILES string of the molecule is CCNC=C=CNC=CNC. The first kappa shape index (κ1) is 9.66. The molecule has 0 heterocycles. The molecule has 0 aromatic heterocycles. The van der Waals surface area contributed by atoms with Crippen molar-refractivity contribution in [1.29, 1.82) is 0 Å². The van der Waals surface area contributed by atoms with Crippen LogP contribution in [-0.2, 0) is 0 Å². The second-order valence-corrected chi connectivity index (χ2v) is 1.80. The van der Waals surface area contributed by atoms with Crippen molar-refractivity contribution in [2.24, 2.45) is 0 Å². The third-order valence-electron chi connectivity index (χ3n) is 0.902. The van der Waals surface area contributed by atoms with Gasteiger partial charge in [0.1, 0.15) is 0 Å². The number of rotatable bonds is 5. The summed E-state index contributed by atoms with van der Waals surface area (Å²) < 4.78 is 0. The van der Waals surface area contributed by atoms with Crippen molar-refractivity contribution >= 4 is 0 Å². The van der Waals surface area contributed by atoms with Crippen LogP contribution in [0.1, 0.15) is 6.92 Å². The summed E-state index contributed by atoms with van der Waals surface area (Å²) in [6, 6.07) is 0. The molecule has 3 N–H and O–H groups in total. The van der Waals surface area contributed by atoms with Gasteiger partial charge < -0.3 is 16.0 Å². The molecule has 0 aromatic rings. The normalized spacial score (nSPS) is 8.55. The van der Waals surface area contributed by atoms with Gasteiger partial charge in [-0.05, 0) is 6.92 Å². The molecule has 0 bridgehead atoms. The summed E-state index contributed by atoms with van der Waals surface area (Å²) in [4.78, 5) is 0. The summed E-state index contributed by atoms with van der Waals surface area (Å²) in [5.41, 5.74) is 2.89. The van der Waals surface area contributed by atoms with E-state index >= 15 is 0 Å². The molecule has 0 unspecified atom stereocenters. The Hall–Kier alpha value is -1.34. The lowest BCUT2D eigenvalue weighted by molar-refractivity contribution is 0.920. The fourth-order valence-corrected chi connectivity index (χ4v) is 0.430. The highest BCUT2D eigenvalue weighted by molar-refractivity contribution is 4.87. The Bertz CT molecular complexity index is 155. The molecule has 0 fully saturated rings. The van der Waals surface area contributed by atoms with Crippen LogP contribution < -0.4 is 16.0 Å². The van der Waals surface area contributed by atoms with Gasteiger partial charge in [0.2, 0.25) is 0 Å². The molecular formula is C8H15N3. The average molecular weight is 153 g/mol. The van der Waals surface area contributed by atoms with Gasteiger partial charge in [0.15, 0.2) is 0 Å². The second-order valence-electron chi connectivity index (χ2n) is 1.80. The van der Waals surface area contributed by atoms with E-state index < -0.39 is 0 Å². The molecule has 0 saturated carbocycles. The largest absolute Gasteiger partial charge is 0.393 e. The standard InChI is InChI=1S/C8H15N3/c1-3-10-5-4-6-11-8-7-9-2/h5-11H,3H2,1-2H3. The number of hydrogen-bond acceptors (Lipinski definition) is 3. The molecule has 0 saturated heterocycles. The van der Waals surface area contributed by atoms with Gasteiger partial charge in [-0.15, -0.1) is 0 Å². The molecule has 0 atom stereocenters. The van der Waals surface area contributed by atoms with Crippen LogP contribution in [-0.4, -0.2) is 13.6 Å². The van der Waals surface area contributed by atoms with E-state index in [4.69, 9.17) is 0 Å². The second kappa shape index (κ2) is 8.66. The molecule has 0 radical (unpaired) electrons. The smallest absolute Gasteiger partial charge is 0.0453 e. The summed E-state index contributed by atoms with van der Waals surface area (Å²) in [5.74, 6) is 0. The minimum atomic E-state index is 0.924. The molecule has 11 heavy (non-hydrogen) atoms. The monoisotopic (exact) mass is 153 g/mol. The summed E-state index contributed by atoms with van der Waals surface area (Å²) in [6.45, 7) is 2.96. The Balaban J connectivity index is 3.35. The topological polar surface area (TPSA) is 36.1 Å². The Labute approximate surface area is 67.9 Å². The van der Waals surface area contributed by atoms with Gasteiger partial charge in [0, 0.05) is 38.4 Å². The van der Waals surface area contributed by atoms with Crippen LogP contribution >= 0.6 is 0 Å². The summed E-state index contributed by atoms with van der Waals surface area (Å²) >= 11 is 0. The van der Waals surface area contributed by atoms with E-state index in [0.29, 0.717) is 0 Å². The van der Waals surface area contributed by atoms with Gasteiger partial charge in [0.25, 0.3) is 0 Å². The van der Waals surface area contributed by atoms with E-state index in [9.17, 15) is 0 Å². The quantitative estimate of drug-likeness (QED) is 0.503. The van der Waals surface area contributed by atoms with Crippen LogP contribution in [0.5, 0.6) is 0 Å². The molecule has 0 aliphatic carbocycles. The molecule has 0 spiro atoms. The molecule has 0 rings (SSSR count). The maximum Gasteiger partial charge on any atom is 0.0453 e. The van der Waals surface area contributed by atoms with E-state index in [1.807, 2.05) is 14.0 Å². The predicted molar refractivity (Wildman–Crippen MR) is 47.7 cm³/mol. The lowest BCUT2D eigenvalue weighted by Crippen LogP contribution is -2.01. The van der Waals surface area contributed by atoms with Crippen molar-refractivity contribution in [3.8, 4) is 0 Å². The van der Waals surface area contributed by atoms with Crippen molar-refractivity contribution < 1.29 is 0 Å². The van der Waals surface area contributed by atoms with Crippen molar-refractivity contribution in [3.63, 3.8) is 0 Å². The zero-order valence-electron chi connectivity index (χ0n) is 7.02. The minimum absolute atomic E-state index is 0.924. The molecule has 0 amide bonds. The van der Waals surface area contributed by atoms with Gasteiger partial charge in [-0.1, -0.05) is 5.73 Å². The Morgan fingerprint density at radius 1 is 1.27 bits per heavy atom. The molecule has 0 aromatic carbocycles. The maximum atomic E-state index is 2.99. The molecule has 0 aliphatic rings. The predicted octanol–water partition coefficient (Wildman–Crippen LogP) is 0.502. The lowest BCUT2D eigenvalue weighted by Gasteiger charge is -1.87. The van der Waals surface area contributed by atoms with Gasteiger partial charge in [-0.2, -0.15) is 0 Å². The fraction of sp³-hybridized carbons (Fsp3) is 0.375. The fourth-order valence-electron chi connectivity index (χ4n) is 0.430. The van der Waals surface area contributed by atoms with E-state index in [1.165, 1.54) is 0 Å². The Morgan fingerprint density at radius 2 is 2.09 bits per heavy atom. The first-order valence-electron chi connectivity index (χ1n) is 3.63. The molecule has 0 aliphatic heterocycles. The highest BCUT2D eigenvalue weighted by Gasteiger charge is 1.63. The molecule has 3 nitrogen and oxygen atoms in total. The molecule has 62 valence electrons. The zero-order chi connectivity index (χ0) is 8.36. The zero-order valence-corrected chi connectivity index (χ0v) is 7.02. The van der Waals surface area contributed by atoms with Crippen molar-refractivity contribution in [2.75, 3.05) is 13.6 Å². The third-order valence-corrected chi connectivity index (χ3v) is 0.902. The highest BCUT2D eigenvalue weighted by atomic mass is 14.9. The summed E-state index contributed by atoms with van der Waals surface area (Å²) in [7, 11) is 1.84. The average Bonchev–Trinajstić information content (AvgIpc) is 2.03. The van der Waals surface area contributed by atoms with Crippen LogP contribution in [0.4, 0.5) is 0 Å². The molecule has 3 heteroatoms. The van der Waals surface area contributed by atoms with Crippen molar-refractivity contribution in [2.45, 2.75) is 6.92 Å². The van der Waals surface area contributed by atoms with E-state index in [-0.39, 0.29) is 0 Å². The van der Waals surface area contributed by atoms with Gasteiger partial charge in [0.05, 0.1) is 0 Å². The van der Waals surface area contributed by atoms with Crippen LogP contribution in [0.25, 0.3) is 0 Å². The van der Waals surface area contributed by atoms with Crippen LogP contribution in [0.2, 0.25) is 0 Å². The van der Waals surface area contributed by atoms with E-state index in [2.05, 4.69) is 21.7 Å². The first-order valence-corrected chi connectivity index (χ1v) is 3.63. The van der Waals surface area contributed by atoms with Crippen LogP contribution in [0.15, 0.2) is 30.5 Å². The first-order chi connectivity index (χ1) is 5.41. The van der Waals surface area contributed by atoms with Gasteiger partial charge >= 0.3 is 0 Å². The van der Waals surface area contributed by atoms with Crippen molar-refractivity contribution in [3.05, 3.63) is 30.5 Å². The van der Waals surface area contributed by atoms with Crippen LogP contribution in [0, 0.1) is 0 Å². The van der Waals surface area contributed by atoms with Crippen molar-refractivity contribution in [1.82, 2.24) is 16.0 Å².